The molecule has 1 saturated heterocycles. The predicted molar refractivity (Wildman–Crippen MR) is 106 cm³/mol. The second kappa shape index (κ2) is 7.16. The number of amides is 2. The lowest BCUT2D eigenvalue weighted by Gasteiger charge is -2.32. The van der Waals surface area contributed by atoms with Crippen molar-refractivity contribution in [3.63, 3.8) is 0 Å². The minimum atomic E-state index is -0.329. The fourth-order valence-electron chi connectivity index (χ4n) is 3.82. The fraction of sp³-hybridized carbons (Fsp3) is 0.333. The first-order valence-electron chi connectivity index (χ1n) is 9.05. The maximum Gasteiger partial charge on any atom is 0.286 e. The average molecular weight is 366 g/mol. The fourth-order valence-corrected chi connectivity index (χ4v) is 4.74. The summed E-state index contributed by atoms with van der Waals surface area (Å²) in [5.74, 6) is -0.155. The molecular weight excluding hydrogens is 344 g/mol. The second-order valence-corrected chi connectivity index (χ2v) is 8.12. The Hall–Kier alpha value is -2.27. The third kappa shape index (κ3) is 3.36. The Kier molecular flexibility index (Phi) is 4.72. The zero-order valence-electron chi connectivity index (χ0n) is 14.8. The number of thioether (sulfide) groups is 1. The van der Waals surface area contributed by atoms with E-state index in [4.69, 9.17) is 0 Å². The largest absolute Gasteiger partial charge is 0.367 e. The molecule has 0 bridgehead atoms. The number of aryl methyl sites for hydroxylation is 1. The van der Waals surface area contributed by atoms with E-state index in [2.05, 4.69) is 52.7 Å². The summed E-state index contributed by atoms with van der Waals surface area (Å²) in [6.45, 7) is 4.01. The van der Waals surface area contributed by atoms with Crippen LogP contribution in [0.4, 0.5) is 10.5 Å². The predicted octanol–water partition coefficient (Wildman–Crippen LogP) is 4.09. The molecule has 1 fully saturated rings. The molecule has 2 aromatic carbocycles. The summed E-state index contributed by atoms with van der Waals surface area (Å²) in [5, 5.41) is 1.82. The molecule has 26 heavy (non-hydrogen) atoms. The SMILES string of the molecule is CC(c1ccc2c(c1)CCCN2Cc1ccccc1)C1SC(=O)NC1=O. The number of fused-ring (bicyclic) bond motifs is 1. The molecule has 5 heteroatoms. The topological polar surface area (TPSA) is 49.4 Å². The van der Waals surface area contributed by atoms with Crippen LogP contribution in [0.1, 0.15) is 36.0 Å². The zero-order chi connectivity index (χ0) is 18.1. The van der Waals surface area contributed by atoms with E-state index in [9.17, 15) is 9.59 Å². The first kappa shape index (κ1) is 17.2. The van der Waals surface area contributed by atoms with E-state index in [0.29, 0.717) is 0 Å². The van der Waals surface area contributed by atoms with E-state index in [-0.39, 0.29) is 22.3 Å². The Labute approximate surface area is 158 Å². The van der Waals surface area contributed by atoms with Gasteiger partial charge >= 0.3 is 0 Å². The summed E-state index contributed by atoms with van der Waals surface area (Å²) in [6, 6.07) is 17.1. The number of nitrogens with one attached hydrogen (secondary N) is 1. The molecule has 1 N–H and O–H groups in total. The van der Waals surface area contributed by atoms with Gasteiger partial charge in [0, 0.05) is 24.7 Å². The van der Waals surface area contributed by atoms with Crippen LogP contribution in [0.15, 0.2) is 48.5 Å². The molecular formula is C21H22N2O2S. The number of benzene rings is 2. The van der Waals surface area contributed by atoms with Crippen LogP contribution in [0.2, 0.25) is 0 Å². The van der Waals surface area contributed by atoms with Crippen LogP contribution in [0.3, 0.4) is 0 Å². The maximum absolute atomic E-state index is 12.0. The summed E-state index contributed by atoms with van der Waals surface area (Å²) in [4.78, 5) is 25.9. The van der Waals surface area contributed by atoms with Gasteiger partial charge in [-0.15, -0.1) is 0 Å². The quantitative estimate of drug-likeness (QED) is 0.885. The molecule has 0 saturated carbocycles. The van der Waals surface area contributed by atoms with Gasteiger partial charge in [0.25, 0.3) is 5.24 Å². The highest BCUT2D eigenvalue weighted by molar-refractivity contribution is 8.15. The van der Waals surface area contributed by atoms with Crippen molar-refractivity contribution < 1.29 is 9.59 Å². The highest BCUT2D eigenvalue weighted by atomic mass is 32.2. The van der Waals surface area contributed by atoms with E-state index in [1.54, 1.807) is 0 Å². The monoisotopic (exact) mass is 366 g/mol. The molecule has 2 amide bonds. The molecule has 2 heterocycles. The van der Waals surface area contributed by atoms with Gasteiger partial charge < -0.3 is 4.90 Å². The number of hydrogen-bond acceptors (Lipinski definition) is 4. The van der Waals surface area contributed by atoms with E-state index < -0.39 is 0 Å². The molecule has 2 atom stereocenters. The van der Waals surface area contributed by atoms with Crippen LogP contribution in [0.25, 0.3) is 0 Å². The Bertz CT molecular complexity index is 837. The standard InChI is InChI=1S/C21H22N2O2S/c1-14(19-20(24)22-21(25)26-19)16-9-10-18-17(12-16)8-5-11-23(18)13-15-6-3-2-4-7-15/h2-4,6-7,9-10,12,14,19H,5,8,11,13H2,1H3,(H,22,24,25). The lowest BCUT2D eigenvalue weighted by molar-refractivity contribution is -0.119. The average Bonchev–Trinajstić information content (AvgIpc) is 3.00. The number of hydrogen-bond donors (Lipinski definition) is 1. The van der Waals surface area contributed by atoms with Gasteiger partial charge in [-0.05, 0) is 35.6 Å². The van der Waals surface area contributed by atoms with Crippen LogP contribution in [-0.4, -0.2) is 22.9 Å². The van der Waals surface area contributed by atoms with Crippen molar-refractivity contribution in [3.05, 3.63) is 65.2 Å². The van der Waals surface area contributed by atoms with E-state index in [1.165, 1.54) is 16.8 Å². The highest BCUT2D eigenvalue weighted by Crippen LogP contribution is 2.36. The number of nitrogens with zero attached hydrogens (tertiary/aromatic N) is 1. The van der Waals surface area contributed by atoms with Crippen molar-refractivity contribution in [2.75, 3.05) is 11.4 Å². The third-order valence-electron chi connectivity index (χ3n) is 5.23. The number of carbonyl (C=O) groups excluding carboxylic acids is 2. The molecule has 0 spiro atoms. The number of rotatable bonds is 4. The van der Waals surface area contributed by atoms with Crippen LogP contribution in [0.5, 0.6) is 0 Å². The summed E-state index contributed by atoms with van der Waals surface area (Å²) in [6.07, 6.45) is 2.19. The second-order valence-electron chi connectivity index (χ2n) is 7.00. The van der Waals surface area contributed by atoms with Gasteiger partial charge in [0.2, 0.25) is 5.91 Å². The minimum absolute atomic E-state index is 0.0150. The van der Waals surface area contributed by atoms with Gasteiger partial charge in [0.15, 0.2) is 0 Å². The van der Waals surface area contributed by atoms with Crippen LogP contribution in [0, 0.1) is 0 Å². The van der Waals surface area contributed by atoms with Gasteiger partial charge in [-0.3, -0.25) is 14.9 Å². The van der Waals surface area contributed by atoms with Gasteiger partial charge in [0.1, 0.15) is 0 Å². The summed E-state index contributed by atoms with van der Waals surface area (Å²) >= 11 is 1.11. The lowest BCUT2D eigenvalue weighted by atomic mass is 9.91. The van der Waals surface area contributed by atoms with Crippen molar-refractivity contribution in [1.29, 1.82) is 0 Å². The van der Waals surface area contributed by atoms with Crippen molar-refractivity contribution in [2.45, 2.75) is 37.5 Å². The van der Waals surface area contributed by atoms with Crippen molar-refractivity contribution in [3.8, 4) is 0 Å². The summed E-state index contributed by atoms with van der Waals surface area (Å²) in [5.41, 5.74) is 5.07. The molecule has 2 aliphatic rings. The molecule has 2 aromatic rings. The molecule has 2 unspecified atom stereocenters. The van der Waals surface area contributed by atoms with Gasteiger partial charge in [-0.25, -0.2) is 0 Å². The van der Waals surface area contributed by atoms with E-state index in [0.717, 1.165) is 43.3 Å². The smallest absolute Gasteiger partial charge is 0.286 e. The first-order valence-corrected chi connectivity index (χ1v) is 9.93. The Balaban J connectivity index is 1.56. The molecule has 0 aliphatic carbocycles. The van der Waals surface area contributed by atoms with Gasteiger partial charge in [-0.1, -0.05) is 61.2 Å². The highest BCUT2D eigenvalue weighted by Gasteiger charge is 2.36. The third-order valence-corrected chi connectivity index (χ3v) is 6.42. The normalized spacial score (nSPS) is 20.7. The Morgan fingerprint density at radius 2 is 2.00 bits per heavy atom. The molecule has 0 radical (unpaired) electrons. The van der Waals surface area contributed by atoms with Crippen molar-refractivity contribution in [1.82, 2.24) is 5.32 Å². The van der Waals surface area contributed by atoms with Crippen molar-refractivity contribution in [2.24, 2.45) is 0 Å². The van der Waals surface area contributed by atoms with Crippen LogP contribution in [-0.2, 0) is 17.8 Å². The first-order chi connectivity index (χ1) is 12.6. The Morgan fingerprint density at radius 3 is 2.73 bits per heavy atom. The molecule has 134 valence electrons. The van der Waals surface area contributed by atoms with Crippen LogP contribution >= 0.6 is 11.8 Å². The molecule has 0 aromatic heterocycles. The van der Waals surface area contributed by atoms with Crippen molar-refractivity contribution >= 4 is 28.6 Å². The van der Waals surface area contributed by atoms with Gasteiger partial charge in [0.05, 0.1) is 5.25 Å². The maximum atomic E-state index is 12.0. The Morgan fingerprint density at radius 1 is 1.19 bits per heavy atom. The number of carbonyl (C=O) groups is 2. The van der Waals surface area contributed by atoms with E-state index >= 15 is 0 Å². The zero-order valence-corrected chi connectivity index (χ0v) is 15.6. The summed E-state index contributed by atoms with van der Waals surface area (Å²) < 4.78 is 0. The molecule has 4 nitrogen and oxygen atoms in total. The lowest BCUT2D eigenvalue weighted by Crippen LogP contribution is -2.29. The number of imide groups is 1. The number of anilines is 1. The van der Waals surface area contributed by atoms with Crippen LogP contribution < -0.4 is 10.2 Å². The van der Waals surface area contributed by atoms with E-state index in [1.807, 2.05) is 13.0 Å². The molecule has 4 rings (SSSR count). The molecule has 2 aliphatic heterocycles. The minimum Gasteiger partial charge on any atom is -0.367 e. The summed E-state index contributed by atoms with van der Waals surface area (Å²) in [7, 11) is 0. The van der Waals surface area contributed by atoms with Gasteiger partial charge in [-0.2, -0.15) is 0 Å².